The average Bonchev–Trinajstić information content (AvgIpc) is 2.92. The van der Waals surface area contributed by atoms with Gasteiger partial charge >= 0.3 is 0 Å². The normalized spacial score (nSPS) is 11.1. The molecule has 0 aliphatic rings. The van der Waals surface area contributed by atoms with Crippen molar-refractivity contribution in [2.45, 2.75) is 39.9 Å². The maximum atomic E-state index is 4.24. The molecule has 5 heteroatoms. The lowest BCUT2D eigenvalue weighted by atomic mass is 10.2. The Hall–Kier alpha value is -1.62. The number of nitrogens with one attached hydrogen (secondary N) is 1. The van der Waals surface area contributed by atoms with E-state index in [0.29, 0.717) is 0 Å². The van der Waals surface area contributed by atoms with Gasteiger partial charge in [-0.2, -0.15) is 5.10 Å². The Morgan fingerprint density at radius 2 is 2.11 bits per heavy atom. The first kappa shape index (κ1) is 12.8. The maximum absolute atomic E-state index is 4.24. The van der Waals surface area contributed by atoms with Gasteiger partial charge in [0.05, 0.1) is 18.2 Å². The number of aromatic nitrogens is 4. The molecule has 1 N–H and O–H groups in total. The Bertz CT molecular complexity index is 497. The predicted octanol–water partition coefficient (Wildman–Crippen LogP) is 1.62. The standard InChI is InChI=1S/C13H21N5/c1-4-5-18-10-15-9-13(18)8-14-6-12-7-16-17(3)11(12)2/h7,9-10,14H,4-6,8H2,1-3H3. The van der Waals surface area contributed by atoms with E-state index < -0.39 is 0 Å². The van der Waals surface area contributed by atoms with Crippen LogP contribution in [0.15, 0.2) is 18.7 Å². The number of imidazole rings is 1. The van der Waals surface area contributed by atoms with Crippen LogP contribution in [0.5, 0.6) is 0 Å². The molecule has 2 heterocycles. The highest BCUT2D eigenvalue weighted by molar-refractivity contribution is 5.15. The summed E-state index contributed by atoms with van der Waals surface area (Å²) in [5.74, 6) is 0. The van der Waals surface area contributed by atoms with E-state index >= 15 is 0 Å². The zero-order chi connectivity index (χ0) is 13.0. The zero-order valence-corrected chi connectivity index (χ0v) is 11.3. The highest BCUT2D eigenvalue weighted by Crippen LogP contribution is 2.06. The molecule has 0 aromatic carbocycles. The van der Waals surface area contributed by atoms with Crippen molar-refractivity contribution in [1.29, 1.82) is 0 Å². The van der Waals surface area contributed by atoms with Crippen LogP contribution < -0.4 is 5.32 Å². The van der Waals surface area contributed by atoms with Crippen LogP contribution in [0.1, 0.15) is 30.3 Å². The van der Waals surface area contributed by atoms with E-state index in [1.807, 2.05) is 30.5 Å². The highest BCUT2D eigenvalue weighted by Gasteiger charge is 2.04. The van der Waals surface area contributed by atoms with Crippen molar-refractivity contribution in [2.24, 2.45) is 7.05 Å². The molecular formula is C13H21N5. The second kappa shape index (κ2) is 5.82. The van der Waals surface area contributed by atoms with Crippen LogP contribution in [0.2, 0.25) is 0 Å². The fourth-order valence-corrected chi connectivity index (χ4v) is 1.98. The van der Waals surface area contributed by atoms with Gasteiger partial charge in [0.2, 0.25) is 0 Å². The molecule has 0 aliphatic heterocycles. The monoisotopic (exact) mass is 247 g/mol. The summed E-state index contributed by atoms with van der Waals surface area (Å²) in [5.41, 5.74) is 3.70. The summed E-state index contributed by atoms with van der Waals surface area (Å²) in [6.07, 6.45) is 6.88. The molecule has 0 amide bonds. The number of hydrogen-bond donors (Lipinski definition) is 1. The van der Waals surface area contributed by atoms with Gasteiger partial charge in [0.25, 0.3) is 0 Å². The van der Waals surface area contributed by atoms with Gasteiger partial charge in [-0.05, 0) is 13.3 Å². The smallest absolute Gasteiger partial charge is 0.0948 e. The molecule has 0 saturated heterocycles. The molecular weight excluding hydrogens is 226 g/mol. The summed E-state index contributed by atoms with van der Waals surface area (Å²) in [5, 5.41) is 7.68. The van der Waals surface area contributed by atoms with Crippen molar-refractivity contribution in [3.8, 4) is 0 Å². The van der Waals surface area contributed by atoms with Crippen molar-refractivity contribution in [3.63, 3.8) is 0 Å². The van der Waals surface area contributed by atoms with Gasteiger partial charge in [-0.3, -0.25) is 4.68 Å². The third-order valence-corrected chi connectivity index (χ3v) is 3.22. The van der Waals surface area contributed by atoms with Crippen molar-refractivity contribution in [2.75, 3.05) is 0 Å². The Balaban J connectivity index is 1.88. The molecule has 2 aromatic rings. The van der Waals surface area contributed by atoms with Gasteiger partial charge in [-0.1, -0.05) is 6.92 Å². The molecule has 0 bridgehead atoms. The number of hydrogen-bond acceptors (Lipinski definition) is 3. The van der Waals surface area contributed by atoms with Gasteiger partial charge in [0.15, 0.2) is 0 Å². The fraction of sp³-hybridized carbons (Fsp3) is 0.538. The van der Waals surface area contributed by atoms with Gasteiger partial charge in [0, 0.05) is 44.1 Å². The lowest BCUT2D eigenvalue weighted by Gasteiger charge is -2.08. The number of rotatable bonds is 6. The Kier molecular flexibility index (Phi) is 4.15. The summed E-state index contributed by atoms with van der Waals surface area (Å²) in [7, 11) is 1.97. The molecule has 0 aliphatic carbocycles. The van der Waals surface area contributed by atoms with Crippen LogP contribution in [0.25, 0.3) is 0 Å². The predicted molar refractivity (Wildman–Crippen MR) is 71.0 cm³/mol. The second-order valence-corrected chi connectivity index (χ2v) is 4.56. The Morgan fingerprint density at radius 3 is 2.78 bits per heavy atom. The SMILES string of the molecule is CCCn1cncc1CNCc1cnn(C)c1C. The quantitative estimate of drug-likeness (QED) is 0.844. The van der Waals surface area contributed by atoms with Crippen molar-refractivity contribution < 1.29 is 0 Å². The van der Waals surface area contributed by atoms with E-state index in [4.69, 9.17) is 0 Å². The Labute approximate surface area is 108 Å². The van der Waals surface area contributed by atoms with Crippen molar-refractivity contribution in [1.82, 2.24) is 24.6 Å². The first-order valence-corrected chi connectivity index (χ1v) is 6.39. The van der Waals surface area contributed by atoms with E-state index in [9.17, 15) is 0 Å². The highest BCUT2D eigenvalue weighted by atomic mass is 15.3. The molecule has 0 spiro atoms. The van der Waals surface area contributed by atoms with E-state index in [0.717, 1.165) is 26.1 Å². The number of aryl methyl sites for hydroxylation is 2. The average molecular weight is 247 g/mol. The summed E-state index contributed by atoms with van der Waals surface area (Å²) in [6, 6.07) is 0. The second-order valence-electron chi connectivity index (χ2n) is 4.56. The van der Waals surface area contributed by atoms with E-state index in [1.54, 1.807) is 0 Å². The van der Waals surface area contributed by atoms with Gasteiger partial charge < -0.3 is 9.88 Å². The minimum absolute atomic E-state index is 0.842. The third-order valence-electron chi connectivity index (χ3n) is 3.22. The Morgan fingerprint density at radius 1 is 1.28 bits per heavy atom. The topological polar surface area (TPSA) is 47.7 Å². The lowest BCUT2D eigenvalue weighted by Crippen LogP contribution is -2.16. The summed E-state index contributed by atoms with van der Waals surface area (Å²) in [6.45, 7) is 6.98. The van der Waals surface area contributed by atoms with Crippen molar-refractivity contribution >= 4 is 0 Å². The van der Waals surface area contributed by atoms with E-state index in [1.165, 1.54) is 17.0 Å². The zero-order valence-electron chi connectivity index (χ0n) is 11.3. The molecule has 2 rings (SSSR count). The van der Waals surface area contributed by atoms with Gasteiger partial charge in [0.1, 0.15) is 0 Å². The maximum Gasteiger partial charge on any atom is 0.0948 e. The van der Waals surface area contributed by atoms with Crippen LogP contribution >= 0.6 is 0 Å². The molecule has 0 unspecified atom stereocenters. The summed E-state index contributed by atoms with van der Waals surface area (Å²) < 4.78 is 4.10. The lowest BCUT2D eigenvalue weighted by molar-refractivity contribution is 0.600. The molecule has 0 fully saturated rings. The van der Waals surface area contributed by atoms with Crippen LogP contribution in [-0.4, -0.2) is 19.3 Å². The van der Waals surface area contributed by atoms with Crippen LogP contribution in [0, 0.1) is 6.92 Å². The summed E-state index contributed by atoms with van der Waals surface area (Å²) in [4.78, 5) is 4.19. The first-order valence-electron chi connectivity index (χ1n) is 6.39. The molecule has 5 nitrogen and oxygen atoms in total. The minimum atomic E-state index is 0.842. The van der Waals surface area contributed by atoms with Gasteiger partial charge in [-0.15, -0.1) is 0 Å². The van der Waals surface area contributed by atoms with Crippen LogP contribution in [0.3, 0.4) is 0 Å². The van der Waals surface area contributed by atoms with Crippen LogP contribution in [0.4, 0.5) is 0 Å². The first-order chi connectivity index (χ1) is 8.72. The van der Waals surface area contributed by atoms with E-state index in [-0.39, 0.29) is 0 Å². The fourth-order valence-electron chi connectivity index (χ4n) is 1.98. The minimum Gasteiger partial charge on any atom is -0.333 e. The summed E-state index contributed by atoms with van der Waals surface area (Å²) >= 11 is 0. The number of nitrogens with zero attached hydrogens (tertiary/aromatic N) is 4. The molecule has 2 aromatic heterocycles. The van der Waals surface area contributed by atoms with Crippen molar-refractivity contribution in [3.05, 3.63) is 35.7 Å². The molecule has 0 radical (unpaired) electrons. The van der Waals surface area contributed by atoms with Crippen LogP contribution in [-0.2, 0) is 26.7 Å². The van der Waals surface area contributed by atoms with E-state index in [2.05, 4.69) is 33.8 Å². The molecule has 0 atom stereocenters. The van der Waals surface area contributed by atoms with Gasteiger partial charge in [-0.25, -0.2) is 4.98 Å². The molecule has 18 heavy (non-hydrogen) atoms. The molecule has 0 saturated carbocycles. The third kappa shape index (κ3) is 2.79. The largest absolute Gasteiger partial charge is 0.333 e. The molecule has 98 valence electrons.